The van der Waals surface area contributed by atoms with Crippen molar-refractivity contribution in [3.8, 4) is 17.6 Å². The van der Waals surface area contributed by atoms with Gasteiger partial charge in [0.2, 0.25) is 10.0 Å². The Labute approximate surface area is 187 Å². The number of nitrogens with one attached hydrogen (secondary N) is 1. The molecule has 168 valence electrons. The van der Waals surface area contributed by atoms with Crippen molar-refractivity contribution in [3.05, 3.63) is 53.6 Å². The first kappa shape index (κ1) is 22.1. The van der Waals surface area contributed by atoms with E-state index in [0.717, 1.165) is 24.8 Å². The molecule has 2 aliphatic rings. The first-order chi connectivity index (χ1) is 15.5. The second-order valence-electron chi connectivity index (χ2n) is 7.75. The molecule has 8 nitrogen and oxygen atoms in total. The number of nitriles is 1. The number of carbonyl (C=O) groups excluding carboxylic acids is 1. The summed E-state index contributed by atoms with van der Waals surface area (Å²) in [4.78, 5) is 15.1. The molecule has 32 heavy (non-hydrogen) atoms. The summed E-state index contributed by atoms with van der Waals surface area (Å²) in [5.74, 6) is 1.19. The molecule has 2 aliphatic heterocycles. The zero-order valence-electron chi connectivity index (χ0n) is 17.6. The minimum Gasteiger partial charge on any atom is -0.490 e. The molecule has 1 fully saturated rings. The molecule has 2 heterocycles. The lowest BCUT2D eigenvalue weighted by molar-refractivity contribution is 0.0735. The van der Waals surface area contributed by atoms with Gasteiger partial charge >= 0.3 is 0 Å². The minimum atomic E-state index is -3.79. The smallest absolute Gasteiger partial charge is 0.254 e. The number of hydrogen-bond acceptors (Lipinski definition) is 6. The lowest BCUT2D eigenvalue weighted by Crippen LogP contribution is -2.31. The van der Waals surface area contributed by atoms with Crippen LogP contribution in [0.25, 0.3) is 0 Å². The van der Waals surface area contributed by atoms with E-state index in [4.69, 9.17) is 14.7 Å². The van der Waals surface area contributed by atoms with Gasteiger partial charge in [-0.05, 0) is 48.7 Å². The van der Waals surface area contributed by atoms with E-state index >= 15 is 0 Å². The SMILES string of the molecule is N#CCCNS(=O)(=O)c1cccc(C(=O)N2CCCC2c2ccc3c(c2)OCCCO3)c1. The number of nitrogens with zero attached hydrogens (tertiary/aromatic N) is 2. The Hall–Kier alpha value is -3.09. The number of hydrogen-bond donors (Lipinski definition) is 1. The highest BCUT2D eigenvalue weighted by Crippen LogP contribution is 2.38. The van der Waals surface area contributed by atoms with Crippen LogP contribution in [0.1, 0.15) is 47.6 Å². The van der Waals surface area contributed by atoms with Gasteiger partial charge in [-0.15, -0.1) is 0 Å². The zero-order chi connectivity index (χ0) is 22.6. The van der Waals surface area contributed by atoms with Gasteiger partial charge in [-0.2, -0.15) is 5.26 Å². The number of rotatable bonds is 6. The van der Waals surface area contributed by atoms with Crippen molar-refractivity contribution < 1.29 is 22.7 Å². The lowest BCUT2D eigenvalue weighted by atomic mass is 10.0. The highest BCUT2D eigenvalue weighted by atomic mass is 32.2. The van der Waals surface area contributed by atoms with Gasteiger partial charge in [0.15, 0.2) is 11.5 Å². The minimum absolute atomic E-state index is 0.00705. The third-order valence-corrected chi connectivity index (χ3v) is 7.05. The summed E-state index contributed by atoms with van der Waals surface area (Å²) in [5, 5.41) is 8.62. The van der Waals surface area contributed by atoms with E-state index < -0.39 is 10.0 Å². The fraction of sp³-hybridized carbons (Fsp3) is 0.391. The Morgan fingerprint density at radius 3 is 2.75 bits per heavy atom. The molecule has 1 saturated heterocycles. The van der Waals surface area contributed by atoms with Crippen LogP contribution < -0.4 is 14.2 Å². The number of fused-ring (bicyclic) bond motifs is 1. The average Bonchev–Trinajstić information content (AvgIpc) is 3.17. The molecular formula is C23H25N3O5S. The second-order valence-corrected chi connectivity index (χ2v) is 9.51. The molecule has 1 N–H and O–H groups in total. The third-order valence-electron chi connectivity index (χ3n) is 5.59. The molecule has 1 amide bonds. The molecule has 0 bridgehead atoms. The highest BCUT2D eigenvalue weighted by molar-refractivity contribution is 7.89. The Kier molecular flexibility index (Phi) is 6.63. The van der Waals surface area contributed by atoms with Gasteiger partial charge in [-0.3, -0.25) is 4.79 Å². The predicted molar refractivity (Wildman–Crippen MR) is 117 cm³/mol. The van der Waals surface area contributed by atoms with Crippen LogP contribution >= 0.6 is 0 Å². The first-order valence-corrected chi connectivity index (χ1v) is 12.1. The molecule has 1 unspecified atom stereocenters. The Balaban J connectivity index is 1.56. The largest absolute Gasteiger partial charge is 0.490 e. The van der Waals surface area contributed by atoms with Crippen LogP contribution in [0.2, 0.25) is 0 Å². The molecule has 4 rings (SSSR count). The van der Waals surface area contributed by atoms with Gasteiger partial charge in [-0.1, -0.05) is 12.1 Å². The number of amides is 1. The Bertz CT molecular complexity index is 1140. The van der Waals surface area contributed by atoms with E-state index in [1.807, 2.05) is 24.3 Å². The maximum atomic E-state index is 13.3. The van der Waals surface area contributed by atoms with Gasteiger partial charge in [0.1, 0.15) is 0 Å². The molecule has 9 heteroatoms. The first-order valence-electron chi connectivity index (χ1n) is 10.7. The predicted octanol–water partition coefficient (Wildman–Crippen LogP) is 3.02. The van der Waals surface area contributed by atoms with Crippen LogP contribution in [-0.4, -0.2) is 45.5 Å². The van der Waals surface area contributed by atoms with Crippen molar-refractivity contribution in [1.82, 2.24) is 9.62 Å². The van der Waals surface area contributed by atoms with Crippen LogP contribution in [0.4, 0.5) is 0 Å². The van der Waals surface area contributed by atoms with E-state index in [2.05, 4.69) is 4.72 Å². The van der Waals surface area contributed by atoms with Crippen LogP contribution in [0.3, 0.4) is 0 Å². The van der Waals surface area contributed by atoms with Crippen molar-refractivity contribution in [3.63, 3.8) is 0 Å². The molecular weight excluding hydrogens is 430 g/mol. The Morgan fingerprint density at radius 1 is 1.12 bits per heavy atom. The van der Waals surface area contributed by atoms with Crippen molar-refractivity contribution in [2.24, 2.45) is 0 Å². The number of benzene rings is 2. The van der Waals surface area contributed by atoms with Crippen LogP contribution in [0.15, 0.2) is 47.4 Å². The monoisotopic (exact) mass is 455 g/mol. The maximum absolute atomic E-state index is 13.3. The van der Waals surface area contributed by atoms with Crippen LogP contribution in [-0.2, 0) is 10.0 Å². The molecule has 0 radical (unpaired) electrons. The molecule has 0 aliphatic carbocycles. The van der Waals surface area contributed by atoms with Crippen molar-refractivity contribution in [1.29, 1.82) is 5.26 Å². The van der Waals surface area contributed by atoms with Crippen LogP contribution in [0, 0.1) is 11.3 Å². The summed E-state index contributed by atoms with van der Waals surface area (Å²) in [7, 11) is -3.79. The Morgan fingerprint density at radius 2 is 1.94 bits per heavy atom. The number of likely N-dealkylation sites (tertiary alicyclic amines) is 1. The molecule has 2 aromatic carbocycles. The number of sulfonamides is 1. The van der Waals surface area contributed by atoms with Crippen LogP contribution in [0.5, 0.6) is 11.5 Å². The molecule has 0 saturated carbocycles. The summed E-state index contributed by atoms with van der Waals surface area (Å²) >= 11 is 0. The third kappa shape index (κ3) is 4.71. The normalized spacial score (nSPS) is 18.1. The van der Waals surface area contributed by atoms with E-state index in [0.29, 0.717) is 36.8 Å². The summed E-state index contributed by atoms with van der Waals surface area (Å²) < 4.78 is 38.8. The average molecular weight is 456 g/mol. The maximum Gasteiger partial charge on any atom is 0.254 e. The van der Waals surface area contributed by atoms with Gasteiger partial charge in [0, 0.05) is 31.5 Å². The van der Waals surface area contributed by atoms with Gasteiger partial charge in [0.05, 0.1) is 30.2 Å². The van der Waals surface area contributed by atoms with Crippen molar-refractivity contribution in [2.75, 3.05) is 26.3 Å². The second kappa shape index (κ2) is 9.59. The van der Waals surface area contributed by atoms with Crippen molar-refractivity contribution >= 4 is 15.9 Å². The molecule has 1 atom stereocenters. The van der Waals surface area contributed by atoms with E-state index in [-0.39, 0.29) is 29.8 Å². The summed E-state index contributed by atoms with van der Waals surface area (Å²) in [6.07, 6.45) is 2.57. The van der Waals surface area contributed by atoms with Gasteiger partial charge < -0.3 is 14.4 Å². The summed E-state index contributed by atoms with van der Waals surface area (Å²) in [6, 6.07) is 13.6. The standard InChI is InChI=1S/C23H25N3O5S/c24-10-3-11-25-32(28,29)19-6-1-5-18(15-19)23(27)26-12-2-7-20(26)17-8-9-21-22(16-17)31-14-4-13-30-21/h1,5-6,8-9,15-16,20,25H,2-4,7,11-14H2. The van der Waals surface area contributed by atoms with E-state index in [1.165, 1.54) is 12.1 Å². The molecule has 0 aromatic heterocycles. The quantitative estimate of drug-likeness (QED) is 0.671. The van der Waals surface area contributed by atoms with Gasteiger partial charge in [0.25, 0.3) is 5.91 Å². The fourth-order valence-corrected chi connectivity index (χ4v) is 5.11. The molecule has 0 spiro atoms. The summed E-state index contributed by atoms with van der Waals surface area (Å²) in [5.41, 5.74) is 1.29. The lowest BCUT2D eigenvalue weighted by Gasteiger charge is -2.26. The van der Waals surface area contributed by atoms with Crippen molar-refractivity contribution in [2.45, 2.75) is 36.6 Å². The zero-order valence-corrected chi connectivity index (χ0v) is 18.4. The van der Waals surface area contributed by atoms with E-state index in [1.54, 1.807) is 17.0 Å². The number of carbonyl (C=O) groups is 1. The topological polar surface area (TPSA) is 109 Å². The highest BCUT2D eigenvalue weighted by Gasteiger charge is 2.32. The van der Waals surface area contributed by atoms with Gasteiger partial charge in [-0.25, -0.2) is 13.1 Å². The summed E-state index contributed by atoms with van der Waals surface area (Å²) in [6.45, 7) is 1.82. The fourth-order valence-electron chi connectivity index (χ4n) is 4.03. The number of ether oxygens (including phenoxy) is 2. The molecule has 2 aromatic rings. The van der Waals surface area contributed by atoms with E-state index in [9.17, 15) is 13.2 Å².